The van der Waals surface area contributed by atoms with E-state index in [1.54, 1.807) is 24.3 Å². The highest BCUT2D eigenvalue weighted by Gasteiger charge is 2.37. The van der Waals surface area contributed by atoms with Gasteiger partial charge in [-0.15, -0.1) is 0 Å². The summed E-state index contributed by atoms with van der Waals surface area (Å²) in [6, 6.07) is 6.78. The summed E-state index contributed by atoms with van der Waals surface area (Å²) in [5, 5.41) is 8.89. The molecule has 1 fully saturated rings. The third kappa shape index (κ3) is 2.23. The number of thiocarbonyl (C=S) groups is 1. The Morgan fingerprint density at radius 1 is 1.28 bits per heavy atom. The van der Waals surface area contributed by atoms with Gasteiger partial charge >= 0.3 is 5.97 Å². The first kappa shape index (κ1) is 13.0. The van der Waals surface area contributed by atoms with E-state index in [2.05, 4.69) is 0 Å². The zero-order chi connectivity index (χ0) is 13.2. The first-order chi connectivity index (χ1) is 8.56. The normalized spacial score (nSPS) is 18.2. The lowest BCUT2D eigenvalue weighted by Crippen LogP contribution is -2.44. The molecule has 2 rings (SSSR count). The van der Waals surface area contributed by atoms with Crippen LogP contribution in [0.1, 0.15) is 28.8 Å². The molecule has 0 saturated carbocycles. The van der Waals surface area contributed by atoms with Crippen LogP contribution >= 0.6 is 12.2 Å². The number of hydrogen-bond acceptors (Lipinski definition) is 3. The summed E-state index contributed by atoms with van der Waals surface area (Å²) >= 11 is 5.20. The number of carboxylic acids is 1. The van der Waals surface area contributed by atoms with E-state index in [0.29, 0.717) is 18.2 Å². The Morgan fingerprint density at radius 2 is 1.83 bits per heavy atom. The molecule has 0 atom stereocenters. The van der Waals surface area contributed by atoms with Crippen LogP contribution in [0.15, 0.2) is 24.3 Å². The predicted molar refractivity (Wildman–Crippen MR) is 71.9 cm³/mol. The standard InChI is InChI=1S/C13H15NO3S/c14-12(18)13(5-7-17-8-6-13)10-3-1-9(2-4-10)11(15)16/h1-4H,5-8H2,(H2,14,18)(H,15,16). The molecule has 96 valence electrons. The maximum absolute atomic E-state index is 10.8. The number of rotatable bonds is 3. The average molecular weight is 265 g/mol. The van der Waals surface area contributed by atoms with Crippen LogP contribution in [0, 0.1) is 0 Å². The summed E-state index contributed by atoms with van der Waals surface area (Å²) in [5.41, 5.74) is 6.78. The second-order valence-corrected chi connectivity index (χ2v) is 4.88. The number of nitrogens with two attached hydrogens (primary N) is 1. The van der Waals surface area contributed by atoms with Crippen LogP contribution in [0.3, 0.4) is 0 Å². The van der Waals surface area contributed by atoms with Crippen molar-refractivity contribution in [3.63, 3.8) is 0 Å². The number of hydrogen-bond donors (Lipinski definition) is 2. The molecule has 3 N–H and O–H groups in total. The van der Waals surface area contributed by atoms with E-state index in [4.69, 9.17) is 27.8 Å². The zero-order valence-electron chi connectivity index (χ0n) is 9.89. The minimum absolute atomic E-state index is 0.267. The maximum Gasteiger partial charge on any atom is 0.335 e. The summed E-state index contributed by atoms with van der Waals surface area (Å²) in [6.07, 6.45) is 1.49. The molecule has 1 aromatic rings. The highest BCUT2D eigenvalue weighted by Crippen LogP contribution is 2.35. The molecule has 1 heterocycles. The van der Waals surface area contributed by atoms with E-state index in [1.807, 2.05) is 0 Å². The molecule has 0 aliphatic carbocycles. The molecule has 1 aliphatic rings. The summed E-state index contributed by atoms with van der Waals surface area (Å²) in [5.74, 6) is -0.932. The lowest BCUT2D eigenvalue weighted by molar-refractivity contribution is 0.0692. The third-order valence-electron chi connectivity index (χ3n) is 3.50. The molecule has 0 spiro atoms. The van der Waals surface area contributed by atoms with Gasteiger partial charge in [0.2, 0.25) is 0 Å². The van der Waals surface area contributed by atoms with Crippen molar-refractivity contribution in [3.8, 4) is 0 Å². The fourth-order valence-corrected chi connectivity index (χ4v) is 2.65. The van der Waals surface area contributed by atoms with E-state index in [1.165, 1.54) is 0 Å². The second kappa shape index (κ2) is 5.04. The van der Waals surface area contributed by atoms with Crippen molar-refractivity contribution in [2.24, 2.45) is 5.73 Å². The Hall–Kier alpha value is -1.46. The van der Waals surface area contributed by atoms with Crippen molar-refractivity contribution >= 4 is 23.2 Å². The molecular weight excluding hydrogens is 250 g/mol. The number of benzene rings is 1. The van der Waals surface area contributed by atoms with Crippen molar-refractivity contribution in [2.45, 2.75) is 18.3 Å². The maximum atomic E-state index is 10.8. The van der Waals surface area contributed by atoms with Crippen LogP contribution in [0.4, 0.5) is 0 Å². The molecule has 1 saturated heterocycles. The minimum atomic E-state index is -0.932. The Kier molecular flexibility index (Phi) is 3.63. The van der Waals surface area contributed by atoms with Crippen LogP contribution in [0.2, 0.25) is 0 Å². The van der Waals surface area contributed by atoms with E-state index in [-0.39, 0.29) is 11.0 Å². The summed E-state index contributed by atoms with van der Waals surface area (Å²) in [7, 11) is 0. The molecule has 4 nitrogen and oxygen atoms in total. The third-order valence-corrected chi connectivity index (χ3v) is 3.89. The van der Waals surface area contributed by atoms with Gasteiger partial charge in [0.1, 0.15) is 0 Å². The minimum Gasteiger partial charge on any atom is -0.478 e. The lowest BCUT2D eigenvalue weighted by Gasteiger charge is -2.36. The van der Waals surface area contributed by atoms with Crippen molar-refractivity contribution in [1.29, 1.82) is 0 Å². The summed E-state index contributed by atoms with van der Waals surface area (Å²) in [6.45, 7) is 1.25. The van der Waals surface area contributed by atoms with E-state index < -0.39 is 5.97 Å². The zero-order valence-corrected chi connectivity index (χ0v) is 10.7. The number of ether oxygens (including phenoxy) is 1. The van der Waals surface area contributed by atoms with E-state index >= 15 is 0 Å². The Morgan fingerprint density at radius 3 is 2.28 bits per heavy atom. The fraction of sp³-hybridized carbons (Fsp3) is 0.385. The van der Waals surface area contributed by atoms with Crippen LogP contribution in [-0.4, -0.2) is 29.3 Å². The highest BCUT2D eigenvalue weighted by molar-refractivity contribution is 7.80. The molecular formula is C13H15NO3S. The first-order valence-electron chi connectivity index (χ1n) is 5.78. The first-order valence-corrected chi connectivity index (χ1v) is 6.18. The topological polar surface area (TPSA) is 72.6 Å². The summed E-state index contributed by atoms with van der Waals surface area (Å²) in [4.78, 5) is 11.3. The fourth-order valence-electron chi connectivity index (χ4n) is 2.33. The Labute approximate surface area is 111 Å². The number of carboxylic acid groups (broad SMARTS) is 1. The Balaban J connectivity index is 2.37. The predicted octanol–water partition coefficient (Wildman–Crippen LogP) is 1.72. The molecule has 1 aliphatic heterocycles. The van der Waals surface area contributed by atoms with Gasteiger partial charge in [-0.25, -0.2) is 4.79 Å². The van der Waals surface area contributed by atoms with Gasteiger partial charge in [0.05, 0.1) is 10.6 Å². The summed E-state index contributed by atoms with van der Waals surface area (Å²) < 4.78 is 5.35. The molecule has 18 heavy (non-hydrogen) atoms. The molecule has 0 amide bonds. The average Bonchev–Trinajstić information content (AvgIpc) is 2.39. The van der Waals surface area contributed by atoms with Gasteiger partial charge in [0.25, 0.3) is 0 Å². The number of aromatic carboxylic acids is 1. The smallest absolute Gasteiger partial charge is 0.335 e. The van der Waals surface area contributed by atoms with Gasteiger partial charge in [-0.05, 0) is 30.5 Å². The molecule has 0 bridgehead atoms. The molecule has 5 heteroatoms. The number of carbonyl (C=O) groups is 1. The second-order valence-electron chi connectivity index (χ2n) is 4.44. The molecule has 1 aromatic carbocycles. The van der Waals surface area contributed by atoms with E-state index in [0.717, 1.165) is 18.4 Å². The van der Waals surface area contributed by atoms with Crippen LogP contribution < -0.4 is 5.73 Å². The molecule has 0 unspecified atom stereocenters. The largest absolute Gasteiger partial charge is 0.478 e. The van der Waals surface area contributed by atoms with Crippen LogP contribution in [-0.2, 0) is 10.2 Å². The van der Waals surface area contributed by atoms with Crippen molar-refractivity contribution in [1.82, 2.24) is 0 Å². The van der Waals surface area contributed by atoms with Crippen LogP contribution in [0.25, 0.3) is 0 Å². The van der Waals surface area contributed by atoms with Crippen molar-refractivity contribution in [3.05, 3.63) is 35.4 Å². The monoisotopic (exact) mass is 265 g/mol. The van der Waals surface area contributed by atoms with Gasteiger partial charge in [0.15, 0.2) is 0 Å². The quantitative estimate of drug-likeness (QED) is 0.814. The van der Waals surface area contributed by atoms with Gasteiger partial charge in [-0.2, -0.15) is 0 Å². The van der Waals surface area contributed by atoms with Crippen LogP contribution in [0.5, 0.6) is 0 Å². The van der Waals surface area contributed by atoms with Crippen molar-refractivity contribution in [2.75, 3.05) is 13.2 Å². The van der Waals surface area contributed by atoms with Gasteiger partial charge in [-0.1, -0.05) is 24.4 Å². The molecule has 0 radical (unpaired) electrons. The van der Waals surface area contributed by atoms with Gasteiger partial charge in [0, 0.05) is 18.6 Å². The Bertz CT molecular complexity index is 464. The lowest BCUT2D eigenvalue weighted by atomic mass is 9.74. The van der Waals surface area contributed by atoms with Gasteiger partial charge < -0.3 is 15.6 Å². The van der Waals surface area contributed by atoms with Gasteiger partial charge in [-0.3, -0.25) is 0 Å². The van der Waals surface area contributed by atoms with E-state index in [9.17, 15) is 4.79 Å². The SMILES string of the molecule is NC(=S)C1(c2ccc(C(=O)O)cc2)CCOCC1. The van der Waals surface area contributed by atoms with Crippen molar-refractivity contribution < 1.29 is 14.6 Å². The highest BCUT2D eigenvalue weighted by atomic mass is 32.1. The molecule has 0 aromatic heterocycles.